The second-order valence-corrected chi connectivity index (χ2v) is 5.98. The number of carbonyl (C=O) groups is 1. The summed E-state index contributed by atoms with van der Waals surface area (Å²) in [5.74, 6) is -0.681. The van der Waals surface area contributed by atoms with E-state index in [9.17, 15) is 4.79 Å². The lowest BCUT2D eigenvalue weighted by Crippen LogP contribution is -2.26. The van der Waals surface area contributed by atoms with Gasteiger partial charge in [-0.05, 0) is 23.8 Å². The zero-order valence-electron chi connectivity index (χ0n) is 13.3. The van der Waals surface area contributed by atoms with Crippen molar-refractivity contribution in [1.29, 1.82) is 0 Å². The minimum atomic E-state index is -0.965. The SMILES string of the molecule is O=C(OC(CO)CO)c1nn(Cc2ccc(Cl)cc2)c2ccccc12. The predicted octanol–water partition coefficient (Wildman–Crippen LogP) is 2.25. The van der Waals surface area contributed by atoms with Crippen LogP contribution in [0.4, 0.5) is 0 Å². The lowest BCUT2D eigenvalue weighted by Gasteiger charge is -2.11. The predicted molar refractivity (Wildman–Crippen MR) is 93.7 cm³/mol. The molecular formula is C18H17ClN2O4. The van der Waals surface area contributed by atoms with Crippen LogP contribution in [0.15, 0.2) is 48.5 Å². The van der Waals surface area contributed by atoms with Crippen LogP contribution in [0, 0.1) is 0 Å². The summed E-state index contributed by atoms with van der Waals surface area (Å²) < 4.78 is 6.80. The molecule has 25 heavy (non-hydrogen) atoms. The summed E-state index contributed by atoms with van der Waals surface area (Å²) in [5, 5.41) is 23.8. The van der Waals surface area contributed by atoms with Crippen molar-refractivity contribution in [2.45, 2.75) is 12.6 Å². The van der Waals surface area contributed by atoms with E-state index in [2.05, 4.69) is 5.10 Å². The van der Waals surface area contributed by atoms with Crippen LogP contribution in [0.5, 0.6) is 0 Å². The zero-order valence-corrected chi connectivity index (χ0v) is 14.1. The van der Waals surface area contributed by atoms with E-state index in [0.29, 0.717) is 17.0 Å². The van der Waals surface area contributed by atoms with Gasteiger partial charge in [-0.3, -0.25) is 4.68 Å². The fourth-order valence-corrected chi connectivity index (χ4v) is 2.63. The van der Waals surface area contributed by atoms with Crippen LogP contribution in [0.2, 0.25) is 5.02 Å². The first kappa shape index (κ1) is 17.4. The van der Waals surface area contributed by atoms with Gasteiger partial charge in [0.05, 0.1) is 25.3 Å². The van der Waals surface area contributed by atoms with Crippen molar-refractivity contribution in [3.05, 3.63) is 64.8 Å². The van der Waals surface area contributed by atoms with E-state index in [1.54, 1.807) is 22.9 Å². The molecule has 1 heterocycles. The Morgan fingerprint density at radius 3 is 2.48 bits per heavy atom. The number of fused-ring (bicyclic) bond motifs is 1. The van der Waals surface area contributed by atoms with Crippen molar-refractivity contribution >= 4 is 28.5 Å². The number of hydrogen-bond donors (Lipinski definition) is 2. The van der Waals surface area contributed by atoms with E-state index in [1.165, 1.54) is 0 Å². The van der Waals surface area contributed by atoms with E-state index in [1.807, 2.05) is 30.3 Å². The number of aromatic nitrogens is 2. The summed E-state index contributed by atoms with van der Waals surface area (Å²) in [4.78, 5) is 12.4. The molecule has 0 saturated carbocycles. The minimum absolute atomic E-state index is 0.150. The van der Waals surface area contributed by atoms with Crippen molar-refractivity contribution in [2.24, 2.45) is 0 Å². The molecular weight excluding hydrogens is 344 g/mol. The smallest absolute Gasteiger partial charge is 0.359 e. The molecule has 0 radical (unpaired) electrons. The quantitative estimate of drug-likeness (QED) is 0.659. The molecule has 2 N–H and O–H groups in total. The van der Waals surface area contributed by atoms with Crippen LogP contribution in [0.25, 0.3) is 10.9 Å². The molecule has 130 valence electrons. The number of nitrogens with zero attached hydrogens (tertiary/aromatic N) is 2. The Balaban J connectivity index is 1.95. The molecule has 0 saturated heterocycles. The van der Waals surface area contributed by atoms with Gasteiger partial charge in [-0.1, -0.05) is 41.9 Å². The number of para-hydroxylation sites is 1. The summed E-state index contributed by atoms with van der Waals surface area (Å²) in [6.45, 7) is -0.439. The fourth-order valence-electron chi connectivity index (χ4n) is 2.50. The van der Waals surface area contributed by atoms with E-state index in [4.69, 9.17) is 26.6 Å². The van der Waals surface area contributed by atoms with E-state index in [-0.39, 0.29) is 5.69 Å². The summed E-state index contributed by atoms with van der Waals surface area (Å²) in [7, 11) is 0. The molecule has 3 aromatic rings. The molecule has 0 atom stereocenters. The molecule has 0 unspecified atom stereocenters. The van der Waals surface area contributed by atoms with Gasteiger partial charge >= 0.3 is 5.97 Å². The van der Waals surface area contributed by atoms with Gasteiger partial charge in [0.2, 0.25) is 0 Å². The van der Waals surface area contributed by atoms with Crippen LogP contribution in [-0.2, 0) is 11.3 Å². The molecule has 0 aliphatic carbocycles. The monoisotopic (exact) mass is 360 g/mol. The lowest BCUT2D eigenvalue weighted by atomic mass is 10.2. The van der Waals surface area contributed by atoms with Crippen LogP contribution < -0.4 is 0 Å². The Hall–Kier alpha value is -2.41. The summed E-state index contributed by atoms with van der Waals surface area (Å²) >= 11 is 5.91. The number of ether oxygens (including phenoxy) is 1. The van der Waals surface area contributed by atoms with Gasteiger partial charge in [0.1, 0.15) is 6.10 Å². The van der Waals surface area contributed by atoms with E-state index < -0.39 is 25.3 Å². The summed E-state index contributed by atoms with van der Waals surface area (Å²) in [5.41, 5.74) is 1.92. The Bertz CT molecular complexity index is 872. The average Bonchev–Trinajstić information content (AvgIpc) is 3.00. The van der Waals surface area contributed by atoms with Gasteiger partial charge < -0.3 is 14.9 Å². The summed E-state index contributed by atoms with van der Waals surface area (Å²) in [6.07, 6.45) is -0.965. The van der Waals surface area contributed by atoms with Crippen molar-refractivity contribution in [3.8, 4) is 0 Å². The second-order valence-electron chi connectivity index (χ2n) is 5.54. The summed E-state index contributed by atoms with van der Waals surface area (Å²) in [6, 6.07) is 14.7. The third-order valence-electron chi connectivity index (χ3n) is 3.78. The normalized spacial score (nSPS) is 11.2. The molecule has 2 aromatic carbocycles. The van der Waals surface area contributed by atoms with Crippen LogP contribution in [0.1, 0.15) is 16.1 Å². The largest absolute Gasteiger partial charge is 0.453 e. The van der Waals surface area contributed by atoms with Gasteiger partial charge in [0.25, 0.3) is 0 Å². The topological polar surface area (TPSA) is 84.6 Å². The highest BCUT2D eigenvalue weighted by Crippen LogP contribution is 2.21. The molecule has 0 fully saturated rings. The van der Waals surface area contributed by atoms with Crippen molar-refractivity contribution < 1.29 is 19.7 Å². The first-order valence-corrected chi connectivity index (χ1v) is 8.13. The number of hydrogen-bond acceptors (Lipinski definition) is 5. The zero-order chi connectivity index (χ0) is 17.8. The molecule has 1 aromatic heterocycles. The van der Waals surface area contributed by atoms with Gasteiger partial charge in [-0.2, -0.15) is 5.10 Å². The molecule has 0 amide bonds. The first-order valence-electron chi connectivity index (χ1n) is 7.75. The number of aliphatic hydroxyl groups is 2. The number of rotatable bonds is 6. The molecule has 0 spiro atoms. The maximum atomic E-state index is 12.4. The van der Waals surface area contributed by atoms with Gasteiger partial charge in [-0.15, -0.1) is 0 Å². The fraction of sp³-hybridized carbons (Fsp3) is 0.222. The molecule has 7 heteroatoms. The van der Waals surface area contributed by atoms with Crippen molar-refractivity contribution in [2.75, 3.05) is 13.2 Å². The maximum Gasteiger partial charge on any atom is 0.359 e. The Morgan fingerprint density at radius 1 is 1.12 bits per heavy atom. The number of esters is 1. The molecule has 0 aliphatic heterocycles. The standard InChI is InChI=1S/C18H17ClN2O4/c19-13-7-5-12(6-8-13)9-21-16-4-2-1-3-15(16)17(20-21)18(24)25-14(10-22)11-23/h1-8,14,22-23H,9-11H2. The first-order chi connectivity index (χ1) is 12.1. The Morgan fingerprint density at radius 2 is 1.80 bits per heavy atom. The van der Waals surface area contributed by atoms with Gasteiger partial charge in [-0.25, -0.2) is 4.79 Å². The Kier molecular flexibility index (Phi) is 5.33. The lowest BCUT2D eigenvalue weighted by molar-refractivity contribution is -0.00586. The van der Waals surface area contributed by atoms with Crippen LogP contribution in [-0.4, -0.2) is 45.3 Å². The molecule has 0 bridgehead atoms. The van der Waals surface area contributed by atoms with Gasteiger partial charge in [0, 0.05) is 10.4 Å². The van der Waals surface area contributed by atoms with E-state index in [0.717, 1.165) is 11.1 Å². The number of benzene rings is 2. The minimum Gasteiger partial charge on any atom is -0.453 e. The van der Waals surface area contributed by atoms with Crippen molar-refractivity contribution in [1.82, 2.24) is 9.78 Å². The highest BCUT2D eigenvalue weighted by molar-refractivity contribution is 6.30. The van der Waals surface area contributed by atoms with Gasteiger partial charge in [0.15, 0.2) is 5.69 Å². The number of carbonyl (C=O) groups excluding carboxylic acids is 1. The van der Waals surface area contributed by atoms with E-state index >= 15 is 0 Å². The highest BCUT2D eigenvalue weighted by Gasteiger charge is 2.21. The highest BCUT2D eigenvalue weighted by atomic mass is 35.5. The Labute approximate surface area is 149 Å². The average molecular weight is 361 g/mol. The third-order valence-corrected chi connectivity index (χ3v) is 4.03. The maximum absolute atomic E-state index is 12.4. The molecule has 0 aliphatic rings. The number of aliphatic hydroxyl groups excluding tert-OH is 2. The third kappa shape index (κ3) is 3.82. The molecule has 3 rings (SSSR count). The second kappa shape index (κ2) is 7.65. The van der Waals surface area contributed by atoms with Crippen molar-refractivity contribution in [3.63, 3.8) is 0 Å². The van der Waals surface area contributed by atoms with Crippen LogP contribution >= 0.6 is 11.6 Å². The molecule has 6 nitrogen and oxygen atoms in total. The number of halogens is 1. The van der Waals surface area contributed by atoms with Crippen LogP contribution in [0.3, 0.4) is 0 Å².